The summed E-state index contributed by atoms with van der Waals surface area (Å²) >= 11 is 0. The van der Waals surface area contributed by atoms with Gasteiger partial charge in [0.25, 0.3) is 10.1 Å². The predicted octanol–water partition coefficient (Wildman–Crippen LogP) is 2.30. The Morgan fingerprint density at radius 1 is 1.00 bits per heavy atom. The Bertz CT molecular complexity index is 728. The SMILES string of the molecule is O=C(NCCc1ccc(S(=O)(=O)O)cc1)Nc1ccccc1. The van der Waals surface area contributed by atoms with Crippen LogP contribution in [0.4, 0.5) is 10.5 Å². The topological polar surface area (TPSA) is 95.5 Å². The molecule has 116 valence electrons. The average molecular weight is 320 g/mol. The van der Waals surface area contributed by atoms with Crippen molar-refractivity contribution in [3.63, 3.8) is 0 Å². The number of nitrogens with one attached hydrogen (secondary N) is 2. The molecule has 0 aliphatic heterocycles. The second-order valence-electron chi connectivity index (χ2n) is 4.62. The van der Waals surface area contributed by atoms with Crippen molar-refractivity contribution in [2.45, 2.75) is 11.3 Å². The molecule has 0 aliphatic rings. The molecule has 2 aromatic rings. The van der Waals surface area contributed by atoms with Gasteiger partial charge >= 0.3 is 6.03 Å². The lowest BCUT2D eigenvalue weighted by atomic mass is 10.1. The molecule has 0 saturated carbocycles. The normalized spacial score (nSPS) is 11.0. The van der Waals surface area contributed by atoms with E-state index in [0.717, 1.165) is 5.56 Å². The molecular formula is C15H16N2O4S. The van der Waals surface area contributed by atoms with Gasteiger partial charge in [-0.25, -0.2) is 4.79 Å². The Morgan fingerprint density at radius 3 is 2.23 bits per heavy atom. The highest BCUT2D eigenvalue weighted by atomic mass is 32.2. The molecule has 0 heterocycles. The van der Waals surface area contributed by atoms with Crippen LogP contribution < -0.4 is 10.6 Å². The quantitative estimate of drug-likeness (QED) is 0.737. The molecule has 2 amide bonds. The molecule has 7 heteroatoms. The van der Waals surface area contributed by atoms with Gasteiger partial charge in [-0.1, -0.05) is 30.3 Å². The molecule has 0 atom stereocenters. The third kappa shape index (κ3) is 4.87. The highest BCUT2D eigenvalue weighted by molar-refractivity contribution is 7.85. The summed E-state index contributed by atoms with van der Waals surface area (Å²) in [5.74, 6) is 0. The van der Waals surface area contributed by atoms with E-state index in [1.165, 1.54) is 12.1 Å². The molecule has 22 heavy (non-hydrogen) atoms. The number of carbonyl (C=O) groups excluding carboxylic acids is 1. The first-order chi connectivity index (χ1) is 10.4. The lowest BCUT2D eigenvalue weighted by Crippen LogP contribution is -2.30. The van der Waals surface area contributed by atoms with Crippen LogP contribution in [0.15, 0.2) is 59.5 Å². The van der Waals surface area contributed by atoms with Gasteiger partial charge in [-0.15, -0.1) is 0 Å². The van der Waals surface area contributed by atoms with Gasteiger partial charge in [-0.05, 0) is 36.2 Å². The molecule has 6 nitrogen and oxygen atoms in total. The van der Waals surface area contributed by atoms with E-state index in [-0.39, 0.29) is 10.9 Å². The van der Waals surface area contributed by atoms with Gasteiger partial charge in [0.2, 0.25) is 0 Å². The molecule has 3 N–H and O–H groups in total. The summed E-state index contributed by atoms with van der Waals surface area (Å²) < 4.78 is 30.7. The molecule has 0 fully saturated rings. The van der Waals surface area contributed by atoms with Gasteiger partial charge in [-0.3, -0.25) is 4.55 Å². The van der Waals surface area contributed by atoms with Crippen molar-refractivity contribution in [3.8, 4) is 0 Å². The third-order valence-electron chi connectivity index (χ3n) is 2.95. The summed E-state index contributed by atoms with van der Waals surface area (Å²) in [6.07, 6.45) is 0.550. The van der Waals surface area contributed by atoms with Crippen molar-refractivity contribution in [3.05, 3.63) is 60.2 Å². The van der Waals surface area contributed by atoms with Crippen molar-refractivity contribution in [1.82, 2.24) is 5.32 Å². The summed E-state index contributed by atoms with van der Waals surface area (Å²) in [4.78, 5) is 11.5. The second kappa shape index (κ2) is 7.06. The zero-order chi connectivity index (χ0) is 16.0. The van der Waals surface area contributed by atoms with Gasteiger partial charge in [-0.2, -0.15) is 8.42 Å². The van der Waals surface area contributed by atoms with Crippen LogP contribution >= 0.6 is 0 Å². The standard InChI is InChI=1S/C15H16N2O4S/c18-15(17-13-4-2-1-3-5-13)16-11-10-12-6-8-14(9-7-12)22(19,20)21/h1-9H,10-11H2,(H2,16,17,18)(H,19,20,21). The van der Waals surface area contributed by atoms with Gasteiger partial charge in [0, 0.05) is 12.2 Å². The lowest BCUT2D eigenvalue weighted by molar-refractivity contribution is 0.252. The van der Waals surface area contributed by atoms with E-state index < -0.39 is 10.1 Å². The Kier molecular flexibility index (Phi) is 5.13. The fraction of sp³-hybridized carbons (Fsp3) is 0.133. The molecule has 0 saturated heterocycles. The molecule has 2 rings (SSSR count). The summed E-state index contributed by atoms with van der Waals surface area (Å²) in [6.45, 7) is 0.407. The predicted molar refractivity (Wildman–Crippen MR) is 83.4 cm³/mol. The summed E-state index contributed by atoms with van der Waals surface area (Å²) in [5.41, 5.74) is 1.56. The number of urea groups is 1. The minimum atomic E-state index is -4.17. The van der Waals surface area contributed by atoms with Crippen LogP contribution in [-0.4, -0.2) is 25.5 Å². The fourth-order valence-electron chi connectivity index (χ4n) is 1.85. The van der Waals surface area contributed by atoms with Crippen molar-refractivity contribution in [1.29, 1.82) is 0 Å². The highest BCUT2D eigenvalue weighted by Crippen LogP contribution is 2.10. The minimum absolute atomic E-state index is 0.147. The molecule has 0 aromatic heterocycles. The molecule has 0 bridgehead atoms. The summed E-state index contributed by atoms with van der Waals surface area (Å²) in [6, 6.07) is 14.6. The van der Waals surface area contributed by atoms with Crippen LogP contribution in [0, 0.1) is 0 Å². The number of hydrogen-bond acceptors (Lipinski definition) is 3. The van der Waals surface area contributed by atoms with Crippen LogP contribution in [0.5, 0.6) is 0 Å². The molecule has 0 aliphatic carbocycles. The van der Waals surface area contributed by atoms with Gasteiger partial charge in [0.15, 0.2) is 0 Å². The first-order valence-corrected chi connectivity index (χ1v) is 8.05. The van der Waals surface area contributed by atoms with Gasteiger partial charge in [0.1, 0.15) is 0 Å². The van der Waals surface area contributed by atoms with Crippen LogP contribution in [0.1, 0.15) is 5.56 Å². The zero-order valence-electron chi connectivity index (χ0n) is 11.7. The summed E-state index contributed by atoms with van der Waals surface area (Å²) in [7, 11) is -4.17. The van der Waals surface area contributed by atoms with Crippen LogP contribution in [0.3, 0.4) is 0 Å². The Morgan fingerprint density at radius 2 is 1.64 bits per heavy atom. The van der Waals surface area contributed by atoms with Crippen molar-refractivity contribution in [2.75, 3.05) is 11.9 Å². The maximum absolute atomic E-state index is 11.7. The van der Waals surface area contributed by atoms with Crippen LogP contribution in [0.2, 0.25) is 0 Å². The van der Waals surface area contributed by atoms with E-state index in [1.807, 2.05) is 18.2 Å². The van der Waals surface area contributed by atoms with Crippen LogP contribution in [0.25, 0.3) is 0 Å². The number of anilines is 1. The number of carbonyl (C=O) groups is 1. The molecule has 0 spiro atoms. The highest BCUT2D eigenvalue weighted by Gasteiger charge is 2.08. The largest absolute Gasteiger partial charge is 0.338 e. The van der Waals surface area contributed by atoms with E-state index in [1.54, 1.807) is 24.3 Å². The van der Waals surface area contributed by atoms with Crippen LogP contribution in [-0.2, 0) is 16.5 Å². The summed E-state index contributed by atoms with van der Waals surface area (Å²) in [5, 5.41) is 5.40. The van der Waals surface area contributed by atoms with Gasteiger partial charge in [0.05, 0.1) is 4.90 Å². The second-order valence-corrected chi connectivity index (χ2v) is 6.04. The lowest BCUT2D eigenvalue weighted by Gasteiger charge is -2.07. The molecule has 0 unspecified atom stereocenters. The smallest absolute Gasteiger partial charge is 0.319 e. The number of rotatable bonds is 5. The number of benzene rings is 2. The Balaban J connectivity index is 1.80. The van der Waals surface area contributed by atoms with Crippen molar-refractivity contribution < 1.29 is 17.8 Å². The molecule has 0 radical (unpaired) electrons. The van der Waals surface area contributed by atoms with E-state index in [4.69, 9.17) is 4.55 Å². The van der Waals surface area contributed by atoms with E-state index in [9.17, 15) is 13.2 Å². The van der Waals surface area contributed by atoms with E-state index >= 15 is 0 Å². The average Bonchev–Trinajstić information content (AvgIpc) is 2.48. The van der Waals surface area contributed by atoms with Crippen molar-refractivity contribution in [2.24, 2.45) is 0 Å². The molecular weight excluding hydrogens is 304 g/mol. The monoisotopic (exact) mass is 320 g/mol. The maximum atomic E-state index is 11.7. The number of amides is 2. The Labute approximate surface area is 128 Å². The molecule has 2 aromatic carbocycles. The van der Waals surface area contributed by atoms with E-state index in [2.05, 4.69) is 10.6 Å². The fourth-order valence-corrected chi connectivity index (χ4v) is 2.33. The van der Waals surface area contributed by atoms with Crippen molar-refractivity contribution >= 4 is 21.8 Å². The first-order valence-electron chi connectivity index (χ1n) is 6.61. The van der Waals surface area contributed by atoms with E-state index in [0.29, 0.717) is 18.7 Å². The third-order valence-corrected chi connectivity index (χ3v) is 3.82. The zero-order valence-corrected chi connectivity index (χ0v) is 12.5. The number of para-hydroxylation sites is 1. The Hall–Kier alpha value is -2.38. The number of hydrogen-bond donors (Lipinski definition) is 3. The minimum Gasteiger partial charge on any atom is -0.338 e. The maximum Gasteiger partial charge on any atom is 0.319 e. The first kappa shape index (κ1) is 16.0. The van der Waals surface area contributed by atoms with Gasteiger partial charge < -0.3 is 10.6 Å².